The average molecular weight is 283 g/mol. The molecule has 2 heterocycles. The van der Waals surface area contributed by atoms with Gasteiger partial charge >= 0.3 is 6.03 Å². The molecule has 0 spiro atoms. The molecule has 3 rings (SSSR count). The number of hydrogen-bond acceptors (Lipinski definition) is 3. The summed E-state index contributed by atoms with van der Waals surface area (Å²) in [6.45, 7) is 1.30. The number of carbonyl (C=O) groups excluding carboxylic acids is 1. The number of rotatable bonds is 3. The Morgan fingerprint density at radius 2 is 1.95 bits per heavy atom. The van der Waals surface area contributed by atoms with E-state index in [9.17, 15) is 4.79 Å². The number of para-hydroxylation sites is 1. The predicted molar refractivity (Wildman–Crippen MR) is 80.3 cm³/mol. The molecule has 21 heavy (non-hydrogen) atoms. The molecule has 1 N–H and O–H groups in total. The van der Waals surface area contributed by atoms with Gasteiger partial charge in [-0.25, -0.2) is 4.79 Å². The number of anilines is 1. The van der Waals surface area contributed by atoms with Crippen molar-refractivity contribution in [1.29, 1.82) is 0 Å². The molecule has 1 saturated heterocycles. The SMILES string of the molecule is O=C(Nc1ccccc1)N1CCC(Oc2ccncc2)C1. The molecular formula is C16H17N3O2. The van der Waals surface area contributed by atoms with Gasteiger partial charge in [0.2, 0.25) is 0 Å². The minimum atomic E-state index is -0.0815. The minimum Gasteiger partial charge on any atom is -0.488 e. The van der Waals surface area contributed by atoms with Gasteiger partial charge in [-0.3, -0.25) is 4.98 Å². The van der Waals surface area contributed by atoms with E-state index >= 15 is 0 Å². The van der Waals surface area contributed by atoms with Crippen molar-refractivity contribution in [1.82, 2.24) is 9.88 Å². The fourth-order valence-electron chi connectivity index (χ4n) is 2.34. The number of pyridine rings is 1. The number of amides is 2. The lowest BCUT2D eigenvalue weighted by atomic mass is 10.3. The number of urea groups is 1. The molecule has 0 aliphatic carbocycles. The van der Waals surface area contributed by atoms with E-state index in [2.05, 4.69) is 10.3 Å². The zero-order chi connectivity index (χ0) is 14.5. The van der Waals surface area contributed by atoms with Crippen LogP contribution in [0.5, 0.6) is 5.75 Å². The molecule has 1 fully saturated rings. The van der Waals surface area contributed by atoms with Crippen LogP contribution in [-0.2, 0) is 0 Å². The van der Waals surface area contributed by atoms with Crippen molar-refractivity contribution < 1.29 is 9.53 Å². The maximum atomic E-state index is 12.2. The Morgan fingerprint density at radius 1 is 1.19 bits per heavy atom. The highest BCUT2D eigenvalue weighted by Crippen LogP contribution is 2.18. The van der Waals surface area contributed by atoms with Crippen LogP contribution in [-0.4, -0.2) is 35.1 Å². The molecule has 2 amide bonds. The van der Waals surface area contributed by atoms with Crippen molar-refractivity contribution in [3.63, 3.8) is 0 Å². The number of ether oxygens (including phenoxy) is 1. The summed E-state index contributed by atoms with van der Waals surface area (Å²) >= 11 is 0. The van der Waals surface area contributed by atoms with Gasteiger partial charge in [-0.15, -0.1) is 0 Å². The monoisotopic (exact) mass is 283 g/mol. The highest BCUT2D eigenvalue weighted by molar-refractivity contribution is 5.89. The van der Waals surface area contributed by atoms with Crippen molar-refractivity contribution in [2.75, 3.05) is 18.4 Å². The van der Waals surface area contributed by atoms with Gasteiger partial charge in [0.1, 0.15) is 11.9 Å². The standard InChI is InChI=1S/C16H17N3O2/c20-16(18-13-4-2-1-3-5-13)19-11-8-15(12-19)21-14-6-9-17-10-7-14/h1-7,9-10,15H,8,11-12H2,(H,18,20). The molecule has 1 aromatic heterocycles. The first-order chi connectivity index (χ1) is 10.3. The third-order valence-electron chi connectivity index (χ3n) is 3.41. The topological polar surface area (TPSA) is 54.5 Å². The van der Waals surface area contributed by atoms with Gasteiger partial charge in [-0.1, -0.05) is 18.2 Å². The summed E-state index contributed by atoms with van der Waals surface area (Å²) in [6, 6.07) is 13.0. The van der Waals surface area contributed by atoms with Crippen molar-refractivity contribution >= 4 is 11.7 Å². The van der Waals surface area contributed by atoms with E-state index in [0.29, 0.717) is 13.1 Å². The number of aromatic nitrogens is 1. The summed E-state index contributed by atoms with van der Waals surface area (Å²) in [7, 11) is 0. The first-order valence-electron chi connectivity index (χ1n) is 6.99. The zero-order valence-corrected chi connectivity index (χ0v) is 11.6. The number of benzene rings is 1. The summed E-state index contributed by atoms with van der Waals surface area (Å²) < 4.78 is 5.84. The van der Waals surface area contributed by atoms with Gasteiger partial charge in [0, 0.05) is 31.0 Å². The summed E-state index contributed by atoms with van der Waals surface area (Å²) in [6.07, 6.45) is 4.27. The van der Waals surface area contributed by atoms with Crippen molar-refractivity contribution in [3.8, 4) is 5.75 Å². The molecule has 1 aliphatic rings. The number of nitrogens with zero attached hydrogens (tertiary/aromatic N) is 2. The predicted octanol–water partition coefficient (Wildman–Crippen LogP) is 2.77. The Kier molecular flexibility index (Phi) is 4.00. The molecule has 5 heteroatoms. The highest BCUT2D eigenvalue weighted by Gasteiger charge is 2.27. The molecule has 108 valence electrons. The fraction of sp³-hybridized carbons (Fsp3) is 0.250. The third kappa shape index (κ3) is 3.51. The number of carbonyl (C=O) groups is 1. The molecule has 0 bridgehead atoms. The molecule has 1 aromatic carbocycles. The maximum absolute atomic E-state index is 12.2. The lowest BCUT2D eigenvalue weighted by Gasteiger charge is -2.18. The van der Waals surface area contributed by atoms with E-state index in [1.165, 1.54) is 0 Å². The van der Waals surface area contributed by atoms with Crippen LogP contribution in [0.4, 0.5) is 10.5 Å². The molecule has 0 radical (unpaired) electrons. The third-order valence-corrected chi connectivity index (χ3v) is 3.41. The lowest BCUT2D eigenvalue weighted by Crippen LogP contribution is -2.34. The van der Waals surface area contributed by atoms with E-state index in [4.69, 9.17) is 4.74 Å². The van der Waals surface area contributed by atoms with Crippen molar-refractivity contribution in [2.24, 2.45) is 0 Å². The molecule has 1 atom stereocenters. The Balaban J connectivity index is 1.53. The quantitative estimate of drug-likeness (QED) is 0.942. The number of hydrogen-bond donors (Lipinski definition) is 1. The summed E-state index contributed by atoms with van der Waals surface area (Å²) in [5, 5.41) is 2.89. The second-order valence-corrected chi connectivity index (χ2v) is 4.95. The second-order valence-electron chi connectivity index (χ2n) is 4.95. The molecule has 1 unspecified atom stereocenters. The average Bonchev–Trinajstić information content (AvgIpc) is 2.98. The van der Waals surface area contributed by atoms with E-state index in [0.717, 1.165) is 17.9 Å². The smallest absolute Gasteiger partial charge is 0.321 e. The van der Waals surface area contributed by atoms with E-state index < -0.39 is 0 Å². The maximum Gasteiger partial charge on any atom is 0.321 e. The zero-order valence-electron chi connectivity index (χ0n) is 11.6. The molecular weight excluding hydrogens is 266 g/mol. The van der Waals surface area contributed by atoms with Crippen LogP contribution in [0.1, 0.15) is 6.42 Å². The van der Waals surface area contributed by atoms with Gasteiger partial charge in [0.15, 0.2) is 0 Å². The number of nitrogens with one attached hydrogen (secondary N) is 1. The van der Waals surface area contributed by atoms with Crippen LogP contribution in [0.2, 0.25) is 0 Å². The van der Waals surface area contributed by atoms with Crippen LogP contribution in [0, 0.1) is 0 Å². The highest BCUT2D eigenvalue weighted by atomic mass is 16.5. The van der Waals surface area contributed by atoms with Crippen molar-refractivity contribution in [2.45, 2.75) is 12.5 Å². The number of likely N-dealkylation sites (tertiary alicyclic amines) is 1. The van der Waals surface area contributed by atoms with Gasteiger partial charge in [-0.2, -0.15) is 0 Å². The summed E-state index contributed by atoms with van der Waals surface area (Å²) in [5.74, 6) is 0.792. The van der Waals surface area contributed by atoms with Gasteiger partial charge in [-0.05, 0) is 24.3 Å². The van der Waals surface area contributed by atoms with Crippen LogP contribution < -0.4 is 10.1 Å². The Morgan fingerprint density at radius 3 is 2.71 bits per heavy atom. The normalized spacial score (nSPS) is 17.5. The summed E-state index contributed by atoms with van der Waals surface area (Å²) in [4.78, 5) is 17.9. The van der Waals surface area contributed by atoms with E-state index in [-0.39, 0.29) is 12.1 Å². The second kappa shape index (κ2) is 6.26. The van der Waals surface area contributed by atoms with Crippen molar-refractivity contribution in [3.05, 3.63) is 54.9 Å². The molecule has 2 aromatic rings. The Labute approximate surface area is 123 Å². The lowest BCUT2D eigenvalue weighted by molar-refractivity contribution is 0.194. The largest absolute Gasteiger partial charge is 0.488 e. The van der Waals surface area contributed by atoms with Gasteiger partial charge < -0.3 is 15.0 Å². The molecule has 5 nitrogen and oxygen atoms in total. The Bertz CT molecular complexity index is 589. The first kappa shape index (κ1) is 13.4. The van der Waals surface area contributed by atoms with Gasteiger partial charge in [0.05, 0.1) is 6.54 Å². The first-order valence-corrected chi connectivity index (χ1v) is 6.99. The fourth-order valence-corrected chi connectivity index (χ4v) is 2.34. The molecule has 0 saturated carbocycles. The van der Waals surface area contributed by atoms with Crippen LogP contribution in [0.15, 0.2) is 54.9 Å². The van der Waals surface area contributed by atoms with E-state index in [1.54, 1.807) is 17.3 Å². The van der Waals surface area contributed by atoms with Crippen LogP contribution in [0.25, 0.3) is 0 Å². The Hall–Kier alpha value is -2.56. The molecule has 1 aliphatic heterocycles. The van der Waals surface area contributed by atoms with Gasteiger partial charge in [0.25, 0.3) is 0 Å². The van der Waals surface area contributed by atoms with E-state index in [1.807, 2.05) is 42.5 Å². The van der Waals surface area contributed by atoms with Crippen LogP contribution >= 0.6 is 0 Å². The van der Waals surface area contributed by atoms with Crippen LogP contribution in [0.3, 0.4) is 0 Å². The summed E-state index contributed by atoms with van der Waals surface area (Å²) in [5.41, 5.74) is 0.806. The minimum absolute atomic E-state index is 0.0360.